The lowest BCUT2D eigenvalue weighted by Crippen LogP contribution is -2.30. The number of aromatic nitrogens is 1. The summed E-state index contributed by atoms with van der Waals surface area (Å²) >= 11 is 1.71. The average molecular weight is 227 g/mol. The predicted molar refractivity (Wildman–Crippen MR) is 65.4 cm³/mol. The fourth-order valence-corrected chi connectivity index (χ4v) is 2.82. The molecule has 86 valence electrons. The molecule has 0 aliphatic heterocycles. The molecule has 0 aromatic carbocycles. The highest BCUT2D eigenvalue weighted by Gasteiger charge is 2.25. The van der Waals surface area contributed by atoms with Gasteiger partial charge in [-0.15, -0.1) is 11.3 Å². The van der Waals surface area contributed by atoms with Crippen LogP contribution in [-0.4, -0.2) is 15.7 Å². The molecule has 0 saturated heterocycles. The lowest BCUT2D eigenvalue weighted by atomic mass is 9.92. The van der Waals surface area contributed by atoms with Gasteiger partial charge in [-0.05, 0) is 26.7 Å². The van der Waals surface area contributed by atoms with Crippen molar-refractivity contribution in [1.29, 1.82) is 0 Å². The first kappa shape index (κ1) is 12.7. The molecule has 0 aliphatic carbocycles. The quantitative estimate of drug-likeness (QED) is 0.837. The summed E-state index contributed by atoms with van der Waals surface area (Å²) in [4.78, 5) is 5.75. The Morgan fingerprint density at radius 1 is 1.33 bits per heavy atom. The SMILES string of the molecule is CCCC(O)(CC)Cc1nc(C)c(C)s1. The normalized spacial score (nSPS) is 15.3. The fraction of sp³-hybridized carbons (Fsp3) is 0.750. The largest absolute Gasteiger partial charge is 0.389 e. The van der Waals surface area contributed by atoms with Gasteiger partial charge >= 0.3 is 0 Å². The highest BCUT2D eigenvalue weighted by Crippen LogP contribution is 2.26. The maximum Gasteiger partial charge on any atom is 0.0959 e. The summed E-state index contributed by atoms with van der Waals surface area (Å²) in [7, 11) is 0. The van der Waals surface area contributed by atoms with Crippen molar-refractivity contribution in [2.45, 2.75) is 59.0 Å². The molecule has 2 nitrogen and oxygen atoms in total. The monoisotopic (exact) mass is 227 g/mol. The van der Waals surface area contributed by atoms with Crippen LogP contribution >= 0.6 is 11.3 Å². The van der Waals surface area contributed by atoms with Gasteiger partial charge in [-0.25, -0.2) is 4.98 Å². The van der Waals surface area contributed by atoms with Crippen LogP contribution in [0.25, 0.3) is 0 Å². The topological polar surface area (TPSA) is 33.1 Å². The molecule has 1 atom stereocenters. The molecule has 1 unspecified atom stereocenters. The lowest BCUT2D eigenvalue weighted by Gasteiger charge is -2.25. The number of rotatable bonds is 5. The first-order valence-corrected chi connectivity index (χ1v) is 6.47. The molecule has 0 fully saturated rings. The minimum Gasteiger partial charge on any atom is -0.389 e. The van der Waals surface area contributed by atoms with Gasteiger partial charge in [0.25, 0.3) is 0 Å². The molecular weight excluding hydrogens is 206 g/mol. The van der Waals surface area contributed by atoms with E-state index in [2.05, 4.69) is 18.8 Å². The van der Waals surface area contributed by atoms with Gasteiger partial charge in [0.05, 0.1) is 16.3 Å². The van der Waals surface area contributed by atoms with E-state index in [1.54, 1.807) is 11.3 Å². The van der Waals surface area contributed by atoms with Crippen molar-refractivity contribution in [1.82, 2.24) is 4.98 Å². The third kappa shape index (κ3) is 3.28. The van der Waals surface area contributed by atoms with Crippen LogP contribution in [0.15, 0.2) is 0 Å². The average Bonchev–Trinajstić information content (AvgIpc) is 2.46. The molecule has 1 rings (SSSR count). The third-order valence-corrected chi connectivity index (χ3v) is 4.00. The second-order valence-corrected chi connectivity index (χ2v) is 5.54. The van der Waals surface area contributed by atoms with Crippen molar-refractivity contribution in [3.8, 4) is 0 Å². The summed E-state index contributed by atoms with van der Waals surface area (Å²) in [6, 6.07) is 0. The molecular formula is C12H21NOS. The van der Waals surface area contributed by atoms with Crippen molar-refractivity contribution < 1.29 is 5.11 Å². The number of hydrogen-bond donors (Lipinski definition) is 1. The minimum absolute atomic E-state index is 0.550. The van der Waals surface area contributed by atoms with E-state index in [9.17, 15) is 5.11 Å². The number of aryl methyl sites for hydroxylation is 2. The highest BCUT2D eigenvalue weighted by atomic mass is 32.1. The summed E-state index contributed by atoms with van der Waals surface area (Å²) < 4.78 is 0. The molecule has 1 heterocycles. The first-order chi connectivity index (χ1) is 7.00. The van der Waals surface area contributed by atoms with Crippen LogP contribution in [0.4, 0.5) is 0 Å². The van der Waals surface area contributed by atoms with E-state index in [0.29, 0.717) is 6.42 Å². The Morgan fingerprint density at radius 2 is 2.00 bits per heavy atom. The predicted octanol–water partition coefficient (Wildman–Crippen LogP) is 3.24. The van der Waals surface area contributed by atoms with Crippen molar-refractivity contribution in [2.75, 3.05) is 0 Å². The van der Waals surface area contributed by atoms with Crippen LogP contribution in [0.5, 0.6) is 0 Å². The van der Waals surface area contributed by atoms with E-state index >= 15 is 0 Å². The van der Waals surface area contributed by atoms with E-state index in [1.165, 1.54) is 4.88 Å². The van der Waals surface area contributed by atoms with E-state index in [1.807, 2.05) is 13.8 Å². The van der Waals surface area contributed by atoms with E-state index < -0.39 is 5.60 Å². The van der Waals surface area contributed by atoms with Crippen LogP contribution in [0.1, 0.15) is 48.7 Å². The van der Waals surface area contributed by atoms with Gasteiger partial charge in [-0.3, -0.25) is 0 Å². The lowest BCUT2D eigenvalue weighted by molar-refractivity contribution is 0.0270. The van der Waals surface area contributed by atoms with Crippen LogP contribution < -0.4 is 0 Å². The third-order valence-electron chi connectivity index (χ3n) is 2.93. The van der Waals surface area contributed by atoms with Crippen LogP contribution in [-0.2, 0) is 6.42 Å². The molecule has 0 amide bonds. The maximum absolute atomic E-state index is 10.3. The molecule has 0 bridgehead atoms. The summed E-state index contributed by atoms with van der Waals surface area (Å²) in [5.41, 5.74) is 0.552. The minimum atomic E-state index is -0.550. The summed E-state index contributed by atoms with van der Waals surface area (Å²) in [6.07, 6.45) is 3.39. The molecule has 1 aromatic rings. The smallest absolute Gasteiger partial charge is 0.0959 e. The maximum atomic E-state index is 10.3. The van der Waals surface area contributed by atoms with Crippen LogP contribution in [0.2, 0.25) is 0 Å². The van der Waals surface area contributed by atoms with Gasteiger partial charge in [-0.1, -0.05) is 20.3 Å². The summed E-state index contributed by atoms with van der Waals surface area (Å²) in [5.74, 6) is 0. The second kappa shape index (κ2) is 5.08. The number of thiazole rings is 1. The van der Waals surface area contributed by atoms with Crippen molar-refractivity contribution >= 4 is 11.3 Å². The Kier molecular flexibility index (Phi) is 4.29. The zero-order valence-electron chi connectivity index (χ0n) is 10.1. The Hall–Kier alpha value is -0.410. The Morgan fingerprint density at radius 3 is 2.40 bits per heavy atom. The van der Waals surface area contributed by atoms with E-state index in [-0.39, 0.29) is 0 Å². The first-order valence-electron chi connectivity index (χ1n) is 5.66. The van der Waals surface area contributed by atoms with Gasteiger partial charge in [0.1, 0.15) is 0 Å². The van der Waals surface area contributed by atoms with Gasteiger partial charge < -0.3 is 5.11 Å². The van der Waals surface area contributed by atoms with Crippen molar-refractivity contribution in [3.63, 3.8) is 0 Å². The molecule has 1 N–H and O–H groups in total. The van der Waals surface area contributed by atoms with E-state index in [4.69, 9.17) is 0 Å². The Bertz CT molecular complexity index is 302. The fourth-order valence-electron chi connectivity index (χ4n) is 1.75. The Balaban J connectivity index is 2.74. The molecule has 0 radical (unpaired) electrons. The van der Waals surface area contributed by atoms with Crippen LogP contribution in [0.3, 0.4) is 0 Å². The summed E-state index contributed by atoms with van der Waals surface area (Å²) in [6.45, 7) is 8.27. The zero-order chi connectivity index (χ0) is 11.5. The Labute approximate surface area is 96.4 Å². The molecule has 0 aliphatic rings. The van der Waals surface area contributed by atoms with Crippen molar-refractivity contribution in [3.05, 3.63) is 15.6 Å². The van der Waals surface area contributed by atoms with E-state index in [0.717, 1.165) is 30.0 Å². The number of hydrogen-bond acceptors (Lipinski definition) is 3. The second-order valence-electron chi connectivity index (χ2n) is 4.25. The standard InChI is InChI=1S/C12H21NOS/c1-5-7-12(14,6-2)8-11-13-9(3)10(4)15-11/h14H,5-8H2,1-4H3. The van der Waals surface area contributed by atoms with Gasteiger partial charge in [-0.2, -0.15) is 0 Å². The zero-order valence-corrected chi connectivity index (χ0v) is 10.9. The van der Waals surface area contributed by atoms with Gasteiger partial charge in [0, 0.05) is 11.3 Å². The van der Waals surface area contributed by atoms with Crippen molar-refractivity contribution in [2.24, 2.45) is 0 Å². The van der Waals surface area contributed by atoms with Crippen LogP contribution in [0, 0.1) is 13.8 Å². The molecule has 3 heteroatoms. The van der Waals surface area contributed by atoms with Gasteiger partial charge in [0.2, 0.25) is 0 Å². The molecule has 1 aromatic heterocycles. The molecule has 0 spiro atoms. The molecule has 15 heavy (non-hydrogen) atoms. The summed E-state index contributed by atoms with van der Waals surface area (Å²) in [5, 5.41) is 11.4. The number of nitrogens with zero attached hydrogens (tertiary/aromatic N) is 1. The highest BCUT2D eigenvalue weighted by molar-refractivity contribution is 7.11. The molecule has 0 saturated carbocycles. The number of aliphatic hydroxyl groups is 1. The van der Waals surface area contributed by atoms with Gasteiger partial charge in [0.15, 0.2) is 0 Å².